The van der Waals surface area contributed by atoms with Gasteiger partial charge in [0.25, 0.3) is 0 Å². The van der Waals surface area contributed by atoms with Gasteiger partial charge in [-0.2, -0.15) is 0 Å². The van der Waals surface area contributed by atoms with Gasteiger partial charge < -0.3 is 0 Å². The molecule has 29 heavy (non-hydrogen) atoms. The van der Waals surface area contributed by atoms with Crippen LogP contribution in [0.1, 0.15) is 113 Å². The van der Waals surface area contributed by atoms with Gasteiger partial charge in [-0.1, -0.05) is 61.8 Å². The summed E-state index contributed by atoms with van der Waals surface area (Å²) in [7, 11) is 0. The lowest BCUT2D eigenvalue weighted by Gasteiger charge is -2.57. The SMILES string of the molecule is CCC(C)C(C)CC12CC1CC(C)C2CC(C)CC(C)C12CC(C)C1CCC2C. The van der Waals surface area contributed by atoms with Crippen molar-refractivity contribution in [2.24, 2.45) is 70.0 Å². The average Bonchev–Trinajstić information content (AvgIpc) is 3.17. The topological polar surface area (TPSA) is 0 Å². The molecule has 4 aliphatic rings. The van der Waals surface area contributed by atoms with Gasteiger partial charge in [-0.3, -0.25) is 0 Å². The van der Waals surface area contributed by atoms with Crippen LogP contribution in [0.25, 0.3) is 0 Å². The zero-order chi connectivity index (χ0) is 21.1. The van der Waals surface area contributed by atoms with Gasteiger partial charge in [0.15, 0.2) is 0 Å². The number of hydrogen-bond donors (Lipinski definition) is 0. The molecule has 4 aliphatic carbocycles. The van der Waals surface area contributed by atoms with Gasteiger partial charge in [-0.05, 0) is 121 Å². The third kappa shape index (κ3) is 3.46. The van der Waals surface area contributed by atoms with Crippen molar-refractivity contribution >= 4 is 0 Å². The number of hydrogen-bond acceptors (Lipinski definition) is 0. The van der Waals surface area contributed by atoms with E-state index in [0.717, 1.165) is 70.0 Å². The third-order valence-electron chi connectivity index (χ3n) is 11.9. The van der Waals surface area contributed by atoms with Crippen molar-refractivity contribution in [2.45, 2.75) is 113 Å². The summed E-state index contributed by atoms with van der Waals surface area (Å²) in [6.45, 7) is 20.4. The third-order valence-corrected chi connectivity index (χ3v) is 11.9. The summed E-state index contributed by atoms with van der Waals surface area (Å²) in [5.41, 5.74) is 1.48. The average molecular weight is 401 g/mol. The van der Waals surface area contributed by atoms with Crippen LogP contribution >= 0.6 is 0 Å². The van der Waals surface area contributed by atoms with E-state index in [1.807, 2.05) is 0 Å². The van der Waals surface area contributed by atoms with Gasteiger partial charge in [0.1, 0.15) is 0 Å². The highest BCUT2D eigenvalue weighted by Gasteiger charge is 2.65. The molecular weight excluding hydrogens is 348 g/mol. The smallest absolute Gasteiger partial charge is 0.0213 e. The Hall–Kier alpha value is 0. The van der Waals surface area contributed by atoms with E-state index in [4.69, 9.17) is 0 Å². The minimum absolute atomic E-state index is 0.722. The van der Waals surface area contributed by atoms with Crippen LogP contribution in [0.5, 0.6) is 0 Å². The minimum Gasteiger partial charge on any atom is -0.0651 e. The van der Waals surface area contributed by atoms with Gasteiger partial charge in [0.05, 0.1) is 0 Å². The molecule has 4 fully saturated rings. The fraction of sp³-hybridized carbons (Fsp3) is 1.00. The lowest BCUT2D eigenvalue weighted by Crippen LogP contribution is -2.50. The van der Waals surface area contributed by atoms with Gasteiger partial charge >= 0.3 is 0 Å². The molecule has 0 saturated heterocycles. The maximum atomic E-state index is 2.65. The van der Waals surface area contributed by atoms with Crippen LogP contribution in [0.15, 0.2) is 0 Å². The van der Waals surface area contributed by atoms with E-state index in [2.05, 4.69) is 55.4 Å². The Labute approximate surface area is 183 Å². The predicted molar refractivity (Wildman–Crippen MR) is 127 cm³/mol. The van der Waals surface area contributed by atoms with E-state index in [1.54, 1.807) is 12.8 Å². The van der Waals surface area contributed by atoms with Crippen LogP contribution in [0.2, 0.25) is 0 Å². The van der Waals surface area contributed by atoms with Gasteiger partial charge in [-0.15, -0.1) is 0 Å². The first-order valence-corrected chi connectivity index (χ1v) is 13.7. The van der Waals surface area contributed by atoms with Gasteiger partial charge in [0.2, 0.25) is 0 Å². The van der Waals surface area contributed by atoms with Crippen LogP contribution in [-0.2, 0) is 0 Å². The summed E-state index contributed by atoms with van der Waals surface area (Å²) in [6, 6.07) is 0. The Morgan fingerprint density at radius 2 is 1.62 bits per heavy atom. The summed E-state index contributed by atoms with van der Waals surface area (Å²) < 4.78 is 0. The largest absolute Gasteiger partial charge is 0.0651 e. The summed E-state index contributed by atoms with van der Waals surface area (Å²) in [5.74, 6) is 9.82. The molecule has 12 atom stereocenters. The Balaban J connectivity index is 1.38. The molecule has 0 aromatic heterocycles. The van der Waals surface area contributed by atoms with Crippen molar-refractivity contribution < 1.29 is 0 Å². The normalized spacial score (nSPS) is 49.7. The van der Waals surface area contributed by atoms with Crippen LogP contribution in [0.4, 0.5) is 0 Å². The van der Waals surface area contributed by atoms with Crippen LogP contribution in [-0.4, -0.2) is 0 Å². The molecule has 0 N–H and O–H groups in total. The van der Waals surface area contributed by atoms with Crippen molar-refractivity contribution in [3.63, 3.8) is 0 Å². The predicted octanol–water partition coefficient (Wildman–Crippen LogP) is 8.85. The van der Waals surface area contributed by atoms with Crippen LogP contribution in [0, 0.1) is 70.0 Å². The quantitative estimate of drug-likeness (QED) is 0.362. The van der Waals surface area contributed by atoms with E-state index < -0.39 is 0 Å². The van der Waals surface area contributed by atoms with E-state index >= 15 is 0 Å². The fourth-order valence-corrected chi connectivity index (χ4v) is 9.87. The summed E-state index contributed by atoms with van der Waals surface area (Å²) in [4.78, 5) is 0. The van der Waals surface area contributed by atoms with Crippen molar-refractivity contribution in [2.75, 3.05) is 0 Å². The second-order valence-electron chi connectivity index (χ2n) is 13.4. The van der Waals surface area contributed by atoms with Gasteiger partial charge in [0, 0.05) is 0 Å². The molecule has 168 valence electrons. The molecule has 0 bridgehead atoms. The second-order valence-corrected chi connectivity index (χ2v) is 13.4. The molecule has 0 nitrogen and oxygen atoms in total. The molecule has 0 radical (unpaired) electrons. The molecule has 0 amide bonds. The number of fused-ring (bicyclic) bond motifs is 2. The maximum Gasteiger partial charge on any atom is -0.0213 e. The highest BCUT2D eigenvalue weighted by Crippen LogP contribution is 2.73. The standard InChI is InChI=1S/C29H52/c1-9-19(3)21(5)15-28-17-25(28)14-20(4)27(28)13-18(2)12-24(8)29-16-22(6)26(29)11-10-23(29)7/h18-27H,9-17H2,1-8H3. The highest BCUT2D eigenvalue weighted by atomic mass is 14.7. The zero-order valence-electron chi connectivity index (χ0n) is 21.1. The Kier molecular flexibility index (Phi) is 6.01. The maximum absolute atomic E-state index is 2.65. The fourth-order valence-electron chi connectivity index (χ4n) is 9.87. The van der Waals surface area contributed by atoms with Crippen LogP contribution < -0.4 is 0 Å². The lowest BCUT2D eigenvalue weighted by molar-refractivity contribution is -0.0876. The molecule has 0 spiro atoms. The first-order chi connectivity index (χ1) is 13.7. The summed E-state index contributed by atoms with van der Waals surface area (Å²) in [6.07, 6.45) is 13.6. The Bertz CT molecular complexity index is 579. The van der Waals surface area contributed by atoms with E-state index in [0.29, 0.717) is 0 Å². The monoisotopic (exact) mass is 400 g/mol. The van der Waals surface area contributed by atoms with Crippen LogP contribution in [0.3, 0.4) is 0 Å². The lowest BCUT2D eigenvalue weighted by atomic mass is 9.47. The molecule has 0 aliphatic heterocycles. The molecule has 12 unspecified atom stereocenters. The zero-order valence-corrected chi connectivity index (χ0v) is 21.1. The summed E-state index contributed by atoms with van der Waals surface area (Å²) in [5, 5.41) is 0. The molecule has 4 rings (SSSR count). The molecule has 0 aromatic rings. The van der Waals surface area contributed by atoms with Crippen molar-refractivity contribution in [3.8, 4) is 0 Å². The van der Waals surface area contributed by atoms with E-state index in [1.165, 1.54) is 44.9 Å². The van der Waals surface area contributed by atoms with Gasteiger partial charge in [-0.25, -0.2) is 0 Å². The van der Waals surface area contributed by atoms with Crippen molar-refractivity contribution in [1.82, 2.24) is 0 Å². The molecule has 4 saturated carbocycles. The highest BCUT2D eigenvalue weighted by molar-refractivity contribution is 5.14. The Morgan fingerprint density at radius 3 is 2.28 bits per heavy atom. The second kappa shape index (κ2) is 7.85. The summed E-state index contributed by atoms with van der Waals surface area (Å²) >= 11 is 0. The van der Waals surface area contributed by atoms with E-state index in [-0.39, 0.29) is 0 Å². The molecule has 0 aromatic carbocycles. The van der Waals surface area contributed by atoms with E-state index in [9.17, 15) is 0 Å². The minimum atomic E-state index is 0.722. The number of rotatable bonds is 9. The van der Waals surface area contributed by atoms with Crippen molar-refractivity contribution in [3.05, 3.63) is 0 Å². The molecular formula is C29H52. The Morgan fingerprint density at radius 1 is 0.897 bits per heavy atom. The first kappa shape index (κ1) is 22.2. The molecule has 0 heteroatoms. The van der Waals surface area contributed by atoms with Crippen molar-refractivity contribution in [1.29, 1.82) is 0 Å². The molecule has 0 heterocycles. The first-order valence-electron chi connectivity index (χ1n) is 13.7.